The van der Waals surface area contributed by atoms with Crippen molar-refractivity contribution >= 4 is 42.2 Å². The Labute approximate surface area is 259 Å². The fourth-order valence-electron chi connectivity index (χ4n) is 5.91. The summed E-state index contributed by atoms with van der Waals surface area (Å²) in [5.74, 6) is -4.07. The number of nitrogens with zero attached hydrogens (tertiary/aromatic N) is 3. The molecule has 1 aromatic heterocycles. The molecular weight excluding hydrogens is 635 g/mol. The van der Waals surface area contributed by atoms with Gasteiger partial charge in [-0.3, -0.25) is 14.2 Å². The second-order valence-electron chi connectivity index (χ2n) is 11.5. The zero-order valence-corrected chi connectivity index (χ0v) is 25.0. The Hall–Kier alpha value is -4.08. The van der Waals surface area contributed by atoms with Crippen LogP contribution in [0.3, 0.4) is 0 Å². The van der Waals surface area contributed by atoms with Gasteiger partial charge in [-0.1, -0.05) is 0 Å². The van der Waals surface area contributed by atoms with Crippen LogP contribution in [0, 0.1) is 17.6 Å². The maximum absolute atomic E-state index is 15.6. The number of carbonyl (C=O) groups excluding carboxylic acids is 1. The maximum Gasteiger partial charge on any atom is 0.469 e. The Balaban J connectivity index is 1.26. The van der Waals surface area contributed by atoms with Crippen molar-refractivity contribution in [3.05, 3.63) is 63.9 Å². The second kappa shape index (κ2) is 12.3. The van der Waals surface area contributed by atoms with Crippen LogP contribution in [0.1, 0.15) is 35.7 Å². The number of halogens is 2. The van der Waals surface area contributed by atoms with Gasteiger partial charge in [0.05, 0.1) is 42.8 Å². The van der Waals surface area contributed by atoms with Crippen molar-refractivity contribution in [3.8, 4) is 5.75 Å². The molecule has 3 unspecified atom stereocenters. The minimum absolute atomic E-state index is 0.0249. The summed E-state index contributed by atoms with van der Waals surface area (Å²) >= 11 is 0. The standard InChI is InChI=1S/C29H30F2N3O11P/c30-21-8-19-23(33(16-1-2-16)12-20(27(19)36)28(37)38)9-24(21)32-6-5-25(45-46(40,41)42)15(10-32)14-43-26-4-3-17(7-22(26)31)34-11-18(13-35)44-29(34)39/h3-4,7-9,12,15-16,18,25,35H,1-2,5-6,10-11,13-14H2,(H,37,38)(H2,40,41,42). The molecule has 3 heterocycles. The Morgan fingerprint density at radius 2 is 1.83 bits per heavy atom. The highest BCUT2D eigenvalue weighted by Gasteiger charge is 2.37. The lowest BCUT2D eigenvalue weighted by Crippen LogP contribution is -2.46. The molecule has 2 saturated heterocycles. The zero-order valence-electron chi connectivity index (χ0n) is 24.1. The average Bonchev–Trinajstić information content (AvgIpc) is 3.77. The highest BCUT2D eigenvalue weighted by Crippen LogP contribution is 2.43. The van der Waals surface area contributed by atoms with Crippen LogP contribution in [0.25, 0.3) is 10.9 Å². The molecule has 17 heteroatoms. The average molecular weight is 666 g/mol. The van der Waals surface area contributed by atoms with E-state index in [9.17, 15) is 38.9 Å². The molecule has 1 aliphatic carbocycles. The van der Waals surface area contributed by atoms with Gasteiger partial charge in [-0.2, -0.15) is 0 Å². The number of aromatic carboxylic acids is 1. The molecule has 1 saturated carbocycles. The second-order valence-corrected chi connectivity index (χ2v) is 12.7. The molecule has 4 N–H and O–H groups in total. The Kier molecular flexibility index (Phi) is 8.50. The number of hydrogen-bond donors (Lipinski definition) is 4. The number of phosphoric ester groups is 1. The van der Waals surface area contributed by atoms with Crippen molar-refractivity contribution in [3.63, 3.8) is 0 Å². The van der Waals surface area contributed by atoms with Gasteiger partial charge in [0.25, 0.3) is 0 Å². The number of carboxylic acid groups (broad SMARTS) is 1. The first-order chi connectivity index (χ1) is 21.8. The number of aliphatic hydroxyl groups excluding tert-OH is 1. The summed E-state index contributed by atoms with van der Waals surface area (Å²) in [5.41, 5.74) is -0.672. The molecule has 2 aromatic carbocycles. The maximum atomic E-state index is 15.6. The summed E-state index contributed by atoms with van der Waals surface area (Å²) in [5, 5.41) is 18.7. The number of rotatable bonds is 10. The minimum atomic E-state index is -4.95. The number of ether oxygens (including phenoxy) is 2. The van der Waals surface area contributed by atoms with Crippen molar-refractivity contribution in [2.75, 3.05) is 42.6 Å². The molecule has 6 rings (SSSR count). The quantitative estimate of drug-likeness (QED) is 0.232. The number of carbonyl (C=O) groups is 2. The first kappa shape index (κ1) is 31.9. The molecule has 46 heavy (non-hydrogen) atoms. The number of aliphatic hydroxyl groups is 1. The number of aromatic nitrogens is 1. The summed E-state index contributed by atoms with van der Waals surface area (Å²) < 4.78 is 59.7. The summed E-state index contributed by atoms with van der Waals surface area (Å²) in [6.45, 7) is -0.585. The number of cyclic esters (lactones) is 1. The lowest BCUT2D eigenvalue weighted by molar-refractivity contribution is 0.0501. The van der Waals surface area contributed by atoms with E-state index in [-0.39, 0.29) is 61.2 Å². The molecule has 0 bridgehead atoms. The van der Waals surface area contributed by atoms with E-state index in [1.54, 1.807) is 9.47 Å². The Morgan fingerprint density at radius 1 is 1.07 bits per heavy atom. The van der Waals surface area contributed by atoms with Crippen LogP contribution >= 0.6 is 7.82 Å². The van der Waals surface area contributed by atoms with Gasteiger partial charge in [-0.15, -0.1) is 0 Å². The molecule has 1 amide bonds. The van der Waals surface area contributed by atoms with Gasteiger partial charge < -0.3 is 38.9 Å². The largest absolute Gasteiger partial charge is 0.490 e. The monoisotopic (exact) mass is 665 g/mol. The summed E-state index contributed by atoms with van der Waals surface area (Å²) in [4.78, 5) is 58.4. The van der Waals surface area contributed by atoms with E-state index in [0.717, 1.165) is 29.9 Å². The molecule has 3 aliphatic rings. The predicted molar refractivity (Wildman–Crippen MR) is 157 cm³/mol. The molecule has 2 aliphatic heterocycles. The third kappa shape index (κ3) is 6.44. The third-order valence-corrected chi connectivity index (χ3v) is 8.85. The smallest absolute Gasteiger partial charge is 0.469 e. The first-order valence-electron chi connectivity index (χ1n) is 14.4. The van der Waals surface area contributed by atoms with Crippen LogP contribution < -0.4 is 20.0 Å². The summed E-state index contributed by atoms with van der Waals surface area (Å²) in [6.07, 6.45) is 0.288. The van der Waals surface area contributed by atoms with Gasteiger partial charge in [0.15, 0.2) is 11.6 Å². The normalized spacial score (nSPS) is 21.9. The van der Waals surface area contributed by atoms with Crippen molar-refractivity contribution in [2.24, 2.45) is 5.92 Å². The minimum Gasteiger partial charge on any atom is -0.490 e. The van der Waals surface area contributed by atoms with Crippen LogP contribution in [0.4, 0.5) is 25.0 Å². The first-order valence-corrected chi connectivity index (χ1v) is 16.0. The van der Waals surface area contributed by atoms with E-state index in [1.807, 2.05) is 0 Å². The van der Waals surface area contributed by atoms with Gasteiger partial charge in [0, 0.05) is 42.7 Å². The summed E-state index contributed by atoms with van der Waals surface area (Å²) in [6, 6.07) is 6.15. The molecule has 0 spiro atoms. The van der Waals surface area contributed by atoms with Crippen molar-refractivity contribution < 1.29 is 56.9 Å². The SMILES string of the molecule is O=C(O)c1cn(C2CC2)c2cc(N3CCC(OP(=O)(O)O)C(COc4ccc(N5CC(CO)OC5=O)cc4F)C3)c(F)cc2c1=O. The number of benzene rings is 2. The van der Waals surface area contributed by atoms with Gasteiger partial charge in [0.2, 0.25) is 5.43 Å². The number of hydrogen-bond acceptors (Lipinski definition) is 9. The zero-order chi connectivity index (χ0) is 32.9. The number of amides is 1. The fraction of sp³-hybridized carbons (Fsp3) is 0.414. The van der Waals surface area contributed by atoms with Crippen molar-refractivity contribution in [1.82, 2.24) is 4.57 Å². The van der Waals surface area contributed by atoms with Gasteiger partial charge in [-0.05, 0) is 43.5 Å². The molecule has 14 nitrogen and oxygen atoms in total. The molecule has 3 atom stereocenters. The van der Waals surface area contributed by atoms with E-state index < -0.39 is 67.2 Å². The van der Waals surface area contributed by atoms with E-state index >= 15 is 8.78 Å². The highest BCUT2D eigenvalue weighted by atomic mass is 31.2. The van der Waals surface area contributed by atoms with E-state index in [4.69, 9.17) is 14.0 Å². The van der Waals surface area contributed by atoms with Gasteiger partial charge >= 0.3 is 19.9 Å². The van der Waals surface area contributed by atoms with Gasteiger partial charge in [-0.25, -0.2) is 22.9 Å². The topological polar surface area (TPSA) is 188 Å². The number of phosphoric acid groups is 1. The molecule has 0 radical (unpaired) electrons. The molecular formula is C29H30F2N3O11P. The summed E-state index contributed by atoms with van der Waals surface area (Å²) in [7, 11) is -4.95. The van der Waals surface area contributed by atoms with Crippen LogP contribution in [-0.2, 0) is 13.8 Å². The van der Waals surface area contributed by atoms with Crippen LogP contribution in [0.2, 0.25) is 0 Å². The number of carboxylic acids is 1. The van der Waals surface area contributed by atoms with E-state index in [1.165, 1.54) is 24.4 Å². The third-order valence-electron chi connectivity index (χ3n) is 8.31. The lowest BCUT2D eigenvalue weighted by Gasteiger charge is -2.39. The van der Waals surface area contributed by atoms with Crippen LogP contribution in [0.15, 0.2) is 41.3 Å². The van der Waals surface area contributed by atoms with Crippen LogP contribution in [-0.4, -0.2) is 81.7 Å². The van der Waals surface area contributed by atoms with Crippen LogP contribution in [0.5, 0.6) is 5.75 Å². The number of pyridine rings is 1. The Bertz CT molecular complexity index is 1810. The predicted octanol–water partition coefficient (Wildman–Crippen LogP) is 3.01. The molecule has 3 aromatic rings. The molecule has 3 fully saturated rings. The Morgan fingerprint density at radius 3 is 2.46 bits per heavy atom. The van der Waals surface area contributed by atoms with Crippen molar-refractivity contribution in [1.29, 1.82) is 0 Å². The number of piperidine rings is 1. The van der Waals surface area contributed by atoms with Gasteiger partial charge in [0.1, 0.15) is 17.5 Å². The van der Waals surface area contributed by atoms with Crippen molar-refractivity contribution in [2.45, 2.75) is 37.5 Å². The highest BCUT2D eigenvalue weighted by molar-refractivity contribution is 7.46. The van der Waals surface area contributed by atoms with E-state index in [0.29, 0.717) is 5.52 Å². The number of anilines is 2. The lowest BCUT2D eigenvalue weighted by atomic mass is 9.94. The molecule has 246 valence electrons. The van der Waals surface area contributed by atoms with E-state index in [2.05, 4.69) is 0 Å². The number of fused-ring (bicyclic) bond motifs is 1. The fourth-order valence-corrected chi connectivity index (χ4v) is 6.54.